The van der Waals surface area contributed by atoms with Gasteiger partial charge >= 0.3 is 0 Å². The van der Waals surface area contributed by atoms with Crippen LogP contribution < -0.4 is 9.47 Å². The van der Waals surface area contributed by atoms with Crippen LogP contribution in [-0.2, 0) is 4.79 Å². The number of rotatable bonds is 13. The lowest BCUT2D eigenvalue weighted by atomic mass is 9.87. The normalized spacial score (nSPS) is 25.9. The van der Waals surface area contributed by atoms with Gasteiger partial charge in [0, 0.05) is 47.2 Å². The molecule has 4 atom stereocenters. The van der Waals surface area contributed by atoms with Gasteiger partial charge < -0.3 is 18.9 Å². The lowest BCUT2D eigenvalue weighted by Crippen LogP contribution is -2.35. The van der Waals surface area contributed by atoms with Crippen molar-refractivity contribution in [3.05, 3.63) is 71.7 Å². The number of ether oxygens (including phenoxy) is 2. The van der Waals surface area contributed by atoms with E-state index in [2.05, 4.69) is 23.6 Å². The SMILES string of the molecule is C=C1C(CN2CCC(c3noc4cc(F)ccc34)CC2)C1(CCCCC(=O)C=Cc1cccc(OC)c1OC)C1CC1C. The third-order valence-corrected chi connectivity index (χ3v) is 10.4. The van der Waals surface area contributed by atoms with Crippen molar-refractivity contribution in [2.24, 2.45) is 23.2 Å². The first-order valence-corrected chi connectivity index (χ1v) is 15.7. The summed E-state index contributed by atoms with van der Waals surface area (Å²) in [4.78, 5) is 15.3. The van der Waals surface area contributed by atoms with Crippen LogP contribution >= 0.6 is 0 Å². The van der Waals surface area contributed by atoms with Gasteiger partial charge in [0.25, 0.3) is 0 Å². The van der Waals surface area contributed by atoms with Gasteiger partial charge in [-0.05, 0) is 87.4 Å². The average Bonchev–Trinajstić information content (AvgIpc) is 3.82. The molecular weight excluding hydrogens is 543 g/mol. The molecule has 6 rings (SSSR count). The van der Waals surface area contributed by atoms with E-state index < -0.39 is 0 Å². The van der Waals surface area contributed by atoms with Gasteiger partial charge in [0.1, 0.15) is 5.82 Å². The number of aromatic nitrogens is 1. The monoisotopic (exact) mass is 586 g/mol. The summed E-state index contributed by atoms with van der Waals surface area (Å²) >= 11 is 0. The molecule has 1 aliphatic heterocycles. The Morgan fingerprint density at radius 1 is 1.19 bits per heavy atom. The highest BCUT2D eigenvalue weighted by molar-refractivity contribution is 5.94. The Balaban J connectivity index is 0.996. The van der Waals surface area contributed by atoms with E-state index >= 15 is 0 Å². The van der Waals surface area contributed by atoms with Gasteiger partial charge in [-0.1, -0.05) is 42.8 Å². The van der Waals surface area contributed by atoms with Gasteiger partial charge in [0.15, 0.2) is 22.9 Å². The predicted octanol–water partition coefficient (Wildman–Crippen LogP) is 7.83. The molecule has 228 valence electrons. The van der Waals surface area contributed by atoms with Gasteiger partial charge in [0.2, 0.25) is 0 Å². The molecule has 4 unspecified atom stereocenters. The van der Waals surface area contributed by atoms with E-state index in [0.29, 0.717) is 35.3 Å². The fourth-order valence-corrected chi connectivity index (χ4v) is 7.77. The van der Waals surface area contributed by atoms with Crippen molar-refractivity contribution >= 4 is 22.8 Å². The van der Waals surface area contributed by atoms with Crippen molar-refractivity contribution in [3.8, 4) is 11.5 Å². The van der Waals surface area contributed by atoms with Gasteiger partial charge in [-0.2, -0.15) is 0 Å². The Morgan fingerprint density at radius 2 is 1.98 bits per heavy atom. The summed E-state index contributed by atoms with van der Waals surface area (Å²) in [5.41, 5.74) is 4.02. The van der Waals surface area contributed by atoms with Gasteiger partial charge in [-0.25, -0.2) is 4.39 Å². The molecule has 7 heteroatoms. The predicted molar refractivity (Wildman–Crippen MR) is 167 cm³/mol. The number of nitrogens with zero attached hydrogens (tertiary/aromatic N) is 2. The number of fused-ring (bicyclic) bond motifs is 1. The fraction of sp³-hybridized carbons (Fsp3) is 0.500. The van der Waals surface area contributed by atoms with Crippen LogP contribution in [0.25, 0.3) is 17.0 Å². The van der Waals surface area contributed by atoms with Crippen LogP contribution in [0.1, 0.15) is 69.0 Å². The molecule has 43 heavy (non-hydrogen) atoms. The van der Waals surface area contributed by atoms with Crippen LogP contribution in [0, 0.1) is 29.0 Å². The number of unbranched alkanes of at least 4 members (excludes halogenated alkanes) is 1. The zero-order valence-electron chi connectivity index (χ0n) is 25.6. The third kappa shape index (κ3) is 5.88. The number of allylic oxidation sites excluding steroid dienone is 1. The lowest BCUT2D eigenvalue weighted by Gasteiger charge is -2.32. The molecule has 2 aromatic carbocycles. The number of carbonyl (C=O) groups excluding carboxylic acids is 1. The number of hydrogen-bond donors (Lipinski definition) is 0. The van der Waals surface area contributed by atoms with Crippen molar-refractivity contribution in [3.63, 3.8) is 0 Å². The Labute approximate surface area is 253 Å². The summed E-state index contributed by atoms with van der Waals surface area (Å²) in [5, 5.41) is 5.25. The van der Waals surface area contributed by atoms with E-state index in [9.17, 15) is 9.18 Å². The number of likely N-dealkylation sites (tertiary alicyclic amines) is 1. The maximum atomic E-state index is 13.6. The summed E-state index contributed by atoms with van der Waals surface area (Å²) in [6.45, 7) is 10.1. The largest absolute Gasteiger partial charge is 0.493 e. The highest BCUT2D eigenvalue weighted by Crippen LogP contribution is 2.73. The number of piperidine rings is 1. The molecule has 0 spiro atoms. The van der Waals surface area contributed by atoms with Crippen LogP contribution in [-0.4, -0.2) is 49.7 Å². The van der Waals surface area contributed by atoms with E-state index in [1.54, 1.807) is 26.4 Å². The number of carbonyl (C=O) groups is 1. The molecule has 2 heterocycles. The number of halogens is 1. The van der Waals surface area contributed by atoms with Crippen LogP contribution in [0.2, 0.25) is 0 Å². The summed E-state index contributed by atoms with van der Waals surface area (Å²) in [6.07, 6.45) is 10.5. The Bertz CT molecular complexity index is 1520. The molecule has 2 aliphatic carbocycles. The number of benzene rings is 2. The standard InChI is InChI=1S/C36H43FN2O4/c1-23-20-30(23)36(17-6-5-9-28(40)13-11-26-8-7-10-32(41-3)35(26)42-4)24(2)31(36)22-39-18-15-25(16-19-39)34-29-14-12-27(37)21-33(29)43-38-34/h7-8,10-14,21,23,25,30-31H,2,5-6,9,15-20,22H2,1,3-4H3. The molecule has 1 aromatic heterocycles. The van der Waals surface area contributed by atoms with Crippen molar-refractivity contribution < 1.29 is 23.2 Å². The molecule has 6 nitrogen and oxygen atoms in total. The van der Waals surface area contributed by atoms with E-state index in [1.807, 2.05) is 24.3 Å². The molecule has 0 radical (unpaired) electrons. The van der Waals surface area contributed by atoms with E-state index in [0.717, 1.165) is 80.2 Å². The molecule has 0 bridgehead atoms. The quantitative estimate of drug-likeness (QED) is 0.116. The van der Waals surface area contributed by atoms with Gasteiger partial charge in [-0.3, -0.25) is 4.79 Å². The molecule has 2 saturated carbocycles. The smallest absolute Gasteiger partial charge is 0.170 e. The minimum absolute atomic E-state index is 0.137. The Morgan fingerprint density at radius 3 is 2.70 bits per heavy atom. The van der Waals surface area contributed by atoms with Crippen molar-refractivity contribution in [1.82, 2.24) is 10.1 Å². The summed E-state index contributed by atoms with van der Waals surface area (Å²) < 4.78 is 29.9. The molecule has 3 aromatic rings. The number of ketones is 1. The first-order chi connectivity index (χ1) is 20.8. The first kappa shape index (κ1) is 29.6. The van der Waals surface area contributed by atoms with E-state index in [-0.39, 0.29) is 17.0 Å². The molecule has 3 aliphatic rings. The summed E-state index contributed by atoms with van der Waals surface area (Å²) in [6, 6.07) is 10.4. The zero-order valence-corrected chi connectivity index (χ0v) is 25.6. The Hall–Kier alpha value is -3.45. The number of methoxy groups -OCH3 is 2. The number of hydrogen-bond acceptors (Lipinski definition) is 6. The molecule has 0 N–H and O–H groups in total. The van der Waals surface area contributed by atoms with E-state index in [1.165, 1.54) is 24.1 Å². The van der Waals surface area contributed by atoms with Crippen LogP contribution in [0.5, 0.6) is 11.5 Å². The minimum Gasteiger partial charge on any atom is -0.493 e. The average molecular weight is 587 g/mol. The highest BCUT2D eigenvalue weighted by Gasteiger charge is 2.66. The second-order valence-corrected chi connectivity index (χ2v) is 12.8. The third-order valence-electron chi connectivity index (χ3n) is 10.4. The highest BCUT2D eigenvalue weighted by atomic mass is 19.1. The second-order valence-electron chi connectivity index (χ2n) is 12.8. The fourth-order valence-electron chi connectivity index (χ4n) is 7.77. The topological polar surface area (TPSA) is 64.8 Å². The molecule has 1 saturated heterocycles. The summed E-state index contributed by atoms with van der Waals surface area (Å²) in [5.74, 6) is 3.53. The van der Waals surface area contributed by atoms with Crippen LogP contribution in [0.3, 0.4) is 0 Å². The Kier molecular flexibility index (Phi) is 8.45. The molecule has 0 amide bonds. The lowest BCUT2D eigenvalue weighted by molar-refractivity contribution is -0.114. The van der Waals surface area contributed by atoms with Crippen molar-refractivity contribution in [1.29, 1.82) is 0 Å². The molecular formula is C36H43FN2O4. The number of para-hydroxylation sites is 1. The maximum Gasteiger partial charge on any atom is 0.170 e. The van der Waals surface area contributed by atoms with Crippen molar-refractivity contribution in [2.45, 2.75) is 57.8 Å². The van der Waals surface area contributed by atoms with Crippen LogP contribution in [0.4, 0.5) is 4.39 Å². The van der Waals surface area contributed by atoms with Crippen LogP contribution in [0.15, 0.2) is 59.1 Å². The van der Waals surface area contributed by atoms with Gasteiger partial charge in [-0.15, -0.1) is 0 Å². The molecule has 3 fully saturated rings. The second kappa shape index (κ2) is 12.3. The maximum absolute atomic E-state index is 13.6. The van der Waals surface area contributed by atoms with E-state index in [4.69, 9.17) is 14.0 Å². The van der Waals surface area contributed by atoms with Gasteiger partial charge in [0.05, 0.1) is 19.9 Å². The summed E-state index contributed by atoms with van der Waals surface area (Å²) in [7, 11) is 3.22. The first-order valence-electron chi connectivity index (χ1n) is 15.7. The van der Waals surface area contributed by atoms with Crippen molar-refractivity contribution in [2.75, 3.05) is 33.9 Å². The zero-order chi connectivity index (χ0) is 30.1. The minimum atomic E-state index is -0.294.